The van der Waals surface area contributed by atoms with Crippen LogP contribution in [0.25, 0.3) is 11.0 Å². The Hall–Kier alpha value is -2.69. The van der Waals surface area contributed by atoms with Crippen LogP contribution in [0.2, 0.25) is 0 Å². The number of benzene rings is 2. The van der Waals surface area contributed by atoms with E-state index in [-0.39, 0.29) is 11.7 Å². The molecule has 5 heteroatoms. The Labute approximate surface area is 140 Å². The molecule has 1 amide bonds. The summed E-state index contributed by atoms with van der Waals surface area (Å²) in [7, 11) is 0. The maximum atomic E-state index is 12.8. The largest absolute Gasteiger partial charge is 0.356 e. The van der Waals surface area contributed by atoms with Crippen molar-refractivity contribution in [2.24, 2.45) is 0 Å². The van der Waals surface area contributed by atoms with E-state index in [1.54, 1.807) is 12.1 Å². The van der Waals surface area contributed by atoms with Gasteiger partial charge in [-0.15, -0.1) is 0 Å². The van der Waals surface area contributed by atoms with Gasteiger partial charge in [0.15, 0.2) is 0 Å². The second kappa shape index (κ2) is 7.73. The van der Waals surface area contributed by atoms with Crippen LogP contribution in [0, 0.1) is 5.82 Å². The average molecular weight is 325 g/mol. The fourth-order valence-electron chi connectivity index (χ4n) is 2.61. The molecule has 0 fully saturated rings. The maximum Gasteiger partial charge on any atom is 0.220 e. The van der Waals surface area contributed by atoms with Crippen molar-refractivity contribution < 1.29 is 9.18 Å². The second-order valence-electron chi connectivity index (χ2n) is 5.78. The highest BCUT2D eigenvalue weighted by atomic mass is 19.1. The van der Waals surface area contributed by atoms with Crippen LogP contribution in [0.4, 0.5) is 4.39 Å². The van der Waals surface area contributed by atoms with Gasteiger partial charge >= 0.3 is 0 Å². The third kappa shape index (κ3) is 4.41. The van der Waals surface area contributed by atoms with Crippen LogP contribution in [0.5, 0.6) is 0 Å². The number of imidazole rings is 1. The fourth-order valence-corrected chi connectivity index (χ4v) is 2.61. The quantitative estimate of drug-likeness (QED) is 0.654. The van der Waals surface area contributed by atoms with Gasteiger partial charge in [0.25, 0.3) is 0 Å². The molecule has 4 nitrogen and oxygen atoms in total. The standard InChI is InChI=1S/C19H20FN3O/c20-15-10-7-14(8-11-15)9-12-19(24)21-13-3-6-18-22-16-4-1-2-5-17(16)23-18/h1-2,4-5,7-8,10-11H,3,6,9,12-13H2,(H,21,24)(H,22,23). The number of halogens is 1. The molecule has 124 valence electrons. The van der Waals surface area contributed by atoms with E-state index < -0.39 is 0 Å². The number of hydrogen-bond donors (Lipinski definition) is 2. The van der Waals surface area contributed by atoms with Crippen LogP contribution < -0.4 is 5.32 Å². The van der Waals surface area contributed by atoms with Gasteiger partial charge in [0.2, 0.25) is 5.91 Å². The molecule has 0 saturated carbocycles. The number of H-pyrrole nitrogens is 1. The summed E-state index contributed by atoms with van der Waals surface area (Å²) in [6, 6.07) is 14.2. The summed E-state index contributed by atoms with van der Waals surface area (Å²) < 4.78 is 12.8. The summed E-state index contributed by atoms with van der Waals surface area (Å²) in [4.78, 5) is 19.6. The van der Waals surface area contributed by atoms with Crippen molar-refractivity contribution in [3.05, 3.63) is 65.7 Å². The molecule has 0 unspecified atom stereocenters. The van der Waals surface area contributed by atoms with Crippen molar-refractivity contribution in [1.82, 2.24) is 15.3 Å². The smallest absolute Gasteiger partial charge is 0.220 e. The highest BCUT2D eigenvalue weighted by molar-refractivity contribution is 5.76. The molecule has 1 heterocycles. The van der Waals surface area contributed by atoms with E-state index in [2.05, 4.69) is 15.3 Å². The molecule has 1 aromatic heterocycles. The van der Waals surface area contributed by atoms with Crippen LogP contribution in [0.15, 0.2) is 48.5 Å². The van der Waals surface area contributed by atoms with Crippen LogP contribution in [0.3, 0.4) is 0 Å². The number of rotatable bonds is 7. The Morgan fingerprint density at radius 2 is 1.88 bits per heavy atom. The molecule has 0 bridgehead atoms. The van der Waals surface area contributed by atoms with Gasteiger partial charge in [-0.05, 0) is 42.7 Å². The van der Waals surface area contributed by atoms with Gasteiger partial charge in [0, 0.05) is 19.4 Å². The molecular weight excluding hydrogens is 305 g/mol. The zero-order chi connectivity index (χ0) is 16.8. The van der Waals surface area contributed by atoms with E-state index in [1.165, 1.54) is 12.1 Å². The summed E-state index contributed by atoms with van der Waals surface area (Å²) in [5.41, 5.74) is 2.97. The molecular formula is C19H20FN3O. The number of aromatic amines is 1. The van der Waals surface area contributed by atoms with Crippen molar-refractivity contribution in [1.29, 1.82) is 0 Å². The molecule has 3 aromatic rings. The first-order valence-electron chi connectivity index (χ1n) is 8.15. The summed E-state index contributed by atoms with van der Waals surface area (Å²) in [5, 5.41) is 2.91. The summed E-state index contributed by atoms with van der Waals surface area (Å²) >= 11 is 0. The van der Waals surface area contributed by atoms with Crippen molar-refractivity contribution in [3.8, 4) is 0 Å². The van der Waals surface area contributed by atoms with Gasteiger partial charge < -0.3 is 10.3 Å². The van der Waals surface area contributed by atoms with Crippen molar-refractivity contribution in [2.75, 3.05) is 6.54 Å². The highest BCUT2D eigenvalue weighted by Gasteiger charge is 2.04. The molecule has 2 aromatic carbocycles. The fraction of sp³-hybridized carbons (Fsp3) is 0.263. The SMILES string of the molecule is O=C(CCc1ccc(F)cc1)NCCCc1nc2ccccc2[nH]1. The van der Waals surface area contributed by atoms with Crippen LogP contribution >= 0.6 is 0 Å². The maximum absolute atomic E-state index is 12.8. The Morgan fingerprint density at radius 3 is 2.67 bits per heavy atom. The average Bonchev–Trinajstić information content (AvgIpc) is 3.01. The summed E-state index contributed by atoms with van der Waals surface area (Å²) in [6.07, 6.45) is 2.67. The minimum Gasteiger partial charge on any atom is -0.356 e. The zero-order valence-corrected chi connectivity index (χ0v) is 13.4. The molecule has 0 spiro atoms. The van der Waals surface area contributed by atoms with Gasteiger partial charge in [-0.25, -0.2) is 9.37 Å². The highest BCUT2D eigenvalue weighted by Crippen LogP contribution is 2.11. The van der Waals surface area contributed by atoms with Gasteiger partial charge in [0.1, 0.15) is 11.6 Å². The van der Waals surface area contributed by atoms with E-state index in [0.717, 1.165) is 35.3 Å². The van der Waals surface area contributed by atoms with Crippen molar-refractivity contribution in [2.45, 2.75) is 25.7 Å². The third-order valence-electron chi connectivity index (χ3n) is 3.90. The molecule has 0 radical (unpaired) electrons. The molecule has 0 saturated heterocycles. The lowest BCUT2D eigenvalue weighted by molar-refractivity contribution is -0.121. The van der Waals surface area contributed by atoms with Gasteiger partial charge in [-0.1, -0.05) is 24.3 Å². The van der Waals surface area contributed by atoms with E-state index in [1.807, 2.05) is 24.3 Å². The number of hydrogen-bond acceptors (Lipinski definition) is 2. The Morgan fingerprint density at radius 1 is 1.08 bits per heavy atom. The van der Waals surface area contributed by atoms with Crippen LogP contribution in [0.1, 0.15) is 24.2 Å². The van der Waals surface area contributed by atoms with Crippen molar-refractivity contribution in [3.63, 3.8) is 0 Å². The number of aryl methyl sites for hydroxylation is 2. The molecule has 0 aliphatic rings. The normalized spacial score (nSPS) is 10.9. The lowest BCUT2D eigenvalue weighted by Crippen LogP contribution is -2.25. The number of carbonyl (C=O) groups is 1. The lowest BCUT2D eigenvalue weighted by Gasteiger charge is -2.05. The predicted molar refractivity (Wildman–Crippen MR) is 92.1 cm³/mol. The first-order valence-corrected chi connectivity index (χ1v) is 8.15. The Bertz CT molecular complexity index is 778. The monoisotopic (exact) mass is 325 g/mol. The number of carbonyl (C=O) groups excluding carboxylic acids is 1. The topological polar surface area (TPSA) is 57.8 Å². The van der Waals surface area contributed by atoms with E-state index >= 15 is 0 Å². The molecule has 3 rings (SSSR count). The van der Waals surface area contributed by atoms with E-state index in [9.17, 15) is 9.18 Å². The Balaban J connectivity index is 1.36. The number of nitrogens with zero attached hydrogens (tertiary/aromatic N) is 1. The van der Waals surface area contributed by atoms with Crippen LogP contribution in [-0.4, -0.2) is 22.4 Å². The second-order valence-corrected chi connectivity index (χ2v) is 5.78. The molecule has 0 aliphatic heterocycles. The predicted octanol–water partition coefficient (Wildman–Crippen LogP) is 3.38. The molecule has 0 aliphatic carbocycles. The van der Waals surface area contributed by atoms with E-state index in [4.69, 9.17) is 0 Å². The number of fused-ring (bicyclic) bond motifs is 1. The van der Waals surface area contributed by atoms with Gasteiger partial charge in [-0.2, -0.15) is 0 Å². The summed E-state index contributed by atoms with van der Waals surface area (Å²) in [6.45, 7) is 0.624. The molecule has 2 N–H and O–H groups in total. The Kier molecular flexibility index (Phi) is 5.21. The molecule has 24 heavy (non-hydrogen) atoms. The molecule has 0 atom stereocenters. The van der Waals surface area contributed by atoms with Crippen molar-refractivity contribution >= 4 is 16.9 Å². The minimum absolute atomic E-state index is 0.0175. The minimum atomic E-state index is -0.256. The third-order valence-corrected chi connectivity index (χ3v) is 3.90. The first kappa shape index (κ1) is 16.2. The lowest BCUT2D eigenvalue weighted by atomic mass is 10.1. The first-order chi connectivity index (χ1) is 11.7. The number of aromatic nitrogens is 2. The van der Waals surface area contributed by atoms with Crippen LogP contribution in [-0.2, 0) is 17.6 Å². The summed E-state index contributed by atoms with van der Waals surface area (Å²) in [5.74, 6) is 0.703. The van der Waals surface area contributed by atoms with Gasteiger partial charge in [0.05, 0.1) is 11.0 Å². The number of amides is 1. The number of nitrogens with one attached hydrogen (secondary N) is 2. The van der Waals surface area contributed by atoms with Gasteiger partial charge in [-0.3, -0.25) is 4.79 Å². The number of para-hydroxylation sites is 2. The van der Waals surface area contributed by atoms with E-state index in [0.29, 0.717) is 19.4 Å². The zero-order valence-electron chi connectivity index (χ0n) is 13.4.